The molecule has 2 aliphatic carbocycles. The molecular formula is C14H25BO2P2+2. The van der Waals surface area contributed by atoms with Crippen LogP contribution in [0.2, 0.25) is 5.82 Å². The van der Waals surface area contributed by atoms with Gasteiger partial charge in [0.25, 0.3) is 5.90 Å². The Hall–Kier alpha value is 0.325. The molecule has 2 rings (SSSR count). The van der Waals surface area contributed by atoms with Crippen LogP contribution in [0.1, 0.15) is 27.2 Å². The topological polar surface area (TPSA) is 29.5 Å². The lowest BCUT2D eigenvalue weighted by Gasteiger charge is -2.33. The largest absolute Gasteiger partial charge is 0.390 e. The van der Waals surface area contributed by atoms with E-state index in [1.807, 2.05) is 6.92 Å². The van der Waals surface area contributed by atoms with Gasteiger partial charge in [-0.2, -0.15) is 0 Å². The standard InChI is InChI=1S/C14H25BO2P2/c1-6-18(4)9-19(5)8-17-14-7-11(14)12(15)13(3,16)10(14)2/h10-12,16H,4-9H2,1-3H3/q+2/t10-,11+,12+,13+,14+/m0/s1. The average molecular weight is 298 g/mol. The van der Waals surface area contributed by atoms with Gasteiger partial charge in [0.1, 0.15) is 13.7 Å². The molecule has 2 nitrogen and oxygen atoms in total. The van der Waals surface area contributed by atoms with Crippen LogP contribution in [0.5, 0.6) is 0 Å². The molecule has 1 N–H and O–H groups in total. The van der Waals surface area contributed by atoms with E-state index < -0.39 is 5.60 Å². The number of fused-ring (bicyclic) bond motifs is 1. The summed E-state index contributed by atoms with van der Waals surface area (Å²) < 4.78 is 6.20. The first-order valence-electron chi connectivity index (χ1n) is 6.98. The predicted octanol–water partition coefficient (Wildman–Crippen LogP) is 2.88. The maximum absolute atomic E-state index is 10.4. The molecule has 0 spiro atoms. The van der Waals surface area contributed by atoms with E-state index in [1.165, 1.54) is 0 Å². The van der Waals surface area contributed by atoms with Gasteiger partial charge in [0.15, 0.2) is 7.55 Å². The second-order valence-electron chi connectivity index (χ2n) is 6.31. The summed E-state index contributed by atoms with van der Waals surface area (Å²) in [5, 5.41) is 10.4. The lowest BCUT2D eigenvalue weighted by Crippen LogP contribution is -2.39. The first kappa shape index (κ1) is 15.7. The van der Waals surface area contributed by atoms with Crippen molar-refractivity contribution in [3.05, 3.63) is 0 Å². The van der Waals surface area contributed by atoms with Gasteiger partial charge in [-0.3, -0.25) is 0 Å². The van der Waals surface area contributed by atoms with Gasteiger partial charge in [0.05, 0.1) is 31.6 Å². The first-order valence-corrected chi connectivity index (χ1v) is 10.8. The summed E-state index contributed by atoms with van der Waals surface area (Å²) in [7, 11) is 5.67. The average Bonchev–Trinajstić information content (AvgIpc) is 3.06. The van der Waals surface area contributed by atoms with Gasteiger partial charge >= 0.3 is 0 Å². The summed E-state index contributed by atoms with van der Waals surface area (Å²) in [5.74, 6) is 1.40. The number of hydrogen-bond donors (Lipinski definition) is 1. The minimum atomic E-state index is -0.796. The molecule has 0 aromatic rings. The van der Waals surface area contributed by atoms with Gasteiger partial charge in [-0.1, -0.05) is 6.92 Å². The van der Waals surface area contributed by atoms with Crippen LogP contribution in [0, 0.1) is 11.8 Å². The quantitative estimate of drug-likeness (QED) is 0.603. The van der Waals surface area contributed by atoms with Crippen molar-refractivity contribution in [2.45, 2.75) is 44.2 Å². The minimum Gasteiger partial charge on any atom is -0.390 e. The molecule has 0 aromatic carbocycles. The van der Waals surface area contributed by atoms with E-state index in [1.54, 1.807) is 0 Å². The molecule has 2 unspecified atom stereocenters. The second kappa shape index (κ2) is 5.26. The van der Waals surface area contributed by atoms with Crippen LogP contribution >= 0.6 is 15.1 Å². The van der Waals surface area contributed by atoms with E-state index in [4.69, 9.17) is 12.6 Å². The Balaban J connectivity index is 1.92. The Morgan fingerprint density at radius 3 is 2.53 bits per heavy atom. The molecule has 0 bridgehead atoms. The van der Waals surface area contributed by atoms with Crippen LogP contribution in [0.25, 0.3) is 0 Å². The molecule has 2 saturated carbocycles. The Kier molecular flexibility index (Phi) is 4.35. The summed E-state index contributed by atoms with van der Waals surface area (Å²) in [6.07, 6.45) is 11.3. The molecule has 2 aliphatic rings. The number of rotatable bonds is 6. The van der Waals surface area contributed by atoms with Gasteiger partial charge < -0.3 is 9.84 Å². The zero-order chi connectivity index (χ0) is 14.4. The molecule has 0 saturated heterocycles. The van der Waals surface area contributed by atoms with Crippen molar-refractivity contribution in [1.82, 2.24) is 0 Å². The van der Waals surface area contributed by atoms with Gasteiger partial charge in [0, 0.05) is 5.92 Å². The second-order valence-corrected chi connectivity index (χ2v) is 11.0. The Morgan fingerprint density at radius 1 is 1.42 bits per heavy atom. The number of aliphatic hydroxyl groups is 1. The highest BCUT2D eigenvalue weighted by Gasteiger charge is 2.73. The molecule has 2 fully saturated rings. The number of ether oxygens (including phenoxy) is 1. The zero-order valence-corrected chi connectivity index (χ0v) is 14.1. The van der Waals surface area contributed by atoms with Gasteiger partial charge in [-0.25, -0.2) is 0 Å². The van der Waals surface area contributed by atoms with E-state index in [0.717, 1.165) is 24.8 Å². The third kappa shape index (κ3) is 2.60. The van der Waals surface area contributed by atoms with Gasteiger partial charge in [-0.05, 0) is 32.0 Å². The molecule has 104 valence electrons. The molecule has 0 aliphatic heterocycles. The third-order valence-electron chi connectivity index (χ3n) is 5.09. The van der Waals surface area contributed by atoms with Crippen molar-refractivity contribution < 1.29 is 9.84 Å². The van der Waals surface area contributed by atoms with Crippen LogP contribution in [-0.4, -0.2) is 55.2 Å². The maximum Gasteiger partial charge on any atom is 0.254 e. The highest BCUT2D eigenvalue weighted by Crippen LogP contribution is 2.69. The number of hydrogen-bond acceptors (Lipinski definition) is 2. The van der Waals surface area contributed by atoms with Crippen molar-refractivity contribution in [2.24, 2.45) is 11.8 Å². The Bertz CT molecular complexity index is 410. The van der Waals surface area contributed by atoms with E-state index >= 15 is 0 Å². The van der Waals surface area contributed by atoms with Crippen molar-refractivity contribution >= 4 is 35.5 Å². The summed E-state index contributed by atoms with van der Waals surface area (Å²) in [6, 6.07) is 0. The molecule has 7 atom stereocenters. The molecule has 0 heterocycles. The smallest absolute Gasteiger partial charge is 0.254 e. The Labute approximate surface area is 120 Å². The lowest BCUT2D eigenvalue weighted by atomic mass is 9.70. The third-order valence-corrected chi connectivity index (χ3v) is 9.68. The van der Waals surface area contributed by atoms with Crippen molar-refractivity contribution in [2.75, 3.05) is 18.4 Å². The molecular weight excluding hydrogens is 273 g/mol. The molecule has 0 aromatic heterocycles. The highest BCUT2D eigenvalue weighted by molar-refractivity contribution is 7.72. The minimum absolute atomic E-state index is 0.107. The fourth-order valence-electron chi connectivity index (χ4n) is 3.33. The zero-order valence-electron chi connectivity index (χ0n) is 12.3. The SMILES string of the molecule is [B][C@@H]1[C@H]2C[C@@]2(OC[P+](=C)C[P+](=C)CC)[C@@H](C)[C@@]1(C)O. The summed E-state index contributed by atoms with van der Waals surface area (Å²) in [6.45, 7) is 6.10. The monoisotopic (exact) mass is 298 g/mol. The van der Waals surface area contributed by atoms with Crippen LogP contribution in [0.15, 0.2) is 0 Å². The van der Waals surface area contributed by atoms with E-state index in [-0.39, 0.29) is 32.4 Å². The van der Waals surface area contributed by atoms with Crippen LogP contribution < -0.4 is 0 Å². The van der Waals surface area contributed by atoms with Crippen LogP contribution in [0.4, 0.5) is 0 Å². The van der Waals surface area contributed by atoms with Crippen molar-refractivity contribution in [3.8, 4) is 0 Å². The molecule has 2 radical (unpaired) electrons. The molecule has 0 amide bonds. The summed E-state index contributed by atoms with van der Waals surface area (Å²) in [5.41, 5.74) is -0.966. The molecule has 5 heteroatoms. The van der Waals surface area contributed by atoms with Crippen molar-refractivity contribution in [1.29, 1.82) is 0 Å². The Morgan fingerprint density at radius 2 is 2.05 bits per heavy atom. The summed E-state index contributed by atoms with van der Waals surface area (Å²) in [4.78, 5) is 0. The van der Waals surface area contributed by atoms with E-state index in [2.05, 4.69) is 26.4 Å². The fourth-order valence-corrected chi connectivity index (χ4v) is 7.14. The van der Waals surface area contributed by atoms with Crippen LogP contribution in [0.3, 0.4) is 0 Å². The fraction of sp³-hybridized carbons (Fsp3) is 0.857. The normalized spacial score (nSPS) is 45.8. The maximum atomic E-state index is 10.4. The van der Waals surface area contributed by atoms with Gasteiger partial charge in [-0.15, -0.1) is 0 Å². The molecule has 19 heavy (non-hydrogen) atoms. The van der Waals surface area contributed by atoms with Crippen molar-refractivity contribution in [3.63, 3.8) is 0 Å². The lowest BCUT2D eigenvalue weighted by molar-refractivity contribution is -0.0518. The van der Waals surface area contributed by atoms with Gasteiger partial charge in [0.2, 0.25) is 6.35 Å². The van der Waals surface area contributed by atoms with E-state index in [9.17, 15) is 5.11 Å². The first-order chi connectivity index (χ1) is 8.75. The van der Waals surface area contributed by atoms with E-state index in [0.29, 0.717) is 5.92 Å². The summed E-state index contributed by atoms with van der Waals surface area (Å²) >= 11 is 0. The predicted molar refractivity (Wildman–Crippen MR) is 89.6 cm³/mol. The van der Waals surface area contributed by atoms with Crippen LogP contribution in [-0.2, 0) is 4.74 Å². The highest BCUT2D eigenvalue weighted by atomic mass is 31.2.